The van der Waals surface area contributed by atoms with Crippen molar-refractivity contribution in [2.75, 3.05) is 13.7 Å². The lowest BCUT2D eigenvalue weighted by molar-refractivity contribution is -0.153. The summed E-state index contributed by atoms with van der Waals surface area (Å²) in [5, 5.41) is 0.127. The van der Waals surface area contributed by atoms with Crippen LogP contribution in [-0.2, 0) is 14.3 Å². The Kier molecular flexibility index (Phi) is 5.65. The van der Waals surface area contributed by atoms with Gasteiger partial charge in [-0.3, -0.25) is 9.59 Å². The number of esters is 1. The smallest absolute Gasteiger partial charge is 0.313 e. The van der Waals surface area contributed by atoms with Crippen LogP contribution in [0.3, 0.4) is 0 Å². The van der Waals surface area contributed by atoms with E-state index >= 15 is 0 Å². The van der Waals surface area contributed by atoms with Crippen LogP contribution >= 0.6 is 11.6 Å². The van der Waals surface area contributed by atoms with Crippen molar-refractivity contribution >= 4 is 23.5 Å². The molecule has 2 atom stereocenters. The van der Waals surface area contributed by atoms with Crippen molar-refractivity contribution in [3.63, 3.8) is 0 Å². The fraction of sp³-hybridized carbons (Fsp3) is 0.857. The predicted molar refractivity (Wildman–Crippen MR) is 75.1 cm³/mol. The molecule has 0 aliphatic heterocycles. The van der Waals surface area contributed by atoms with Crippen molar-refractivity contribution in [1.29, 1.82) is 0 Å². The Bertz CT molecular complexity index is 344. The van der Waals surface area contributed by atoms with Crippen molar-refractivity contribution in [2.24, 2.45) is 5.41 Å². The molecule has 5 heteroatoms. The number of amides is 1. The number of hydrogen-bond donors (Lipinski definition) is 0. The number of methoxy groups -OCH3 is 1. The van der Waals surface area contributed by atoms with E-state index in [-0.39, 0.29) is 23.3 Å². The van der Waals surface area contributed by atoms with Crippen molar-refractivity contribution < 1.29 is 14.3 Å². The Labute approximate surface area is 120 Å². The second-order valence-corrected chi connectivity index (χ2v) is 6.56. The molecule has 1 fully saturated rings. The van der Waals surface area contributed by atoms with Gasteiger partial charge in [-0.1, -0.05) is 0 Å². The average Bonchev–Trinajstić information content (AvgIpc) is 2.34. The summed E-state index contributed by atoms with van der Waals surface area (Å²) < 4.78 is 4.80. The van der Waals surface area contributed by atoms with Gasteiger partial charge in [0, 0.05) is 24.9 Å². The number of hydrogen-bond acceptors (Lipinski definition) is 3. The lowest BCUT2D eigenvalue weighted by Gasteiger charge is -2.39. The maximum Gasteiger partial charge on any atom is 0.313 e. The summed E-state index contributed by atoms with van der Waals surface area (Å²) in [6.45, 7) is 5.53. The fourth-order valence-electron chi connectivity index (χ4n) is 2.65. The summed E-state index contributed by atoms with van der Waals surface area (Å²) in [5.74, 6) is -0.301. The number of nitrogens with zero attached hydrogens (tertiary/aromatic N) is 1. The number of alkyl halides is 1. The molecule has 1 saturated carbocycles. The quantitative estimate of drug-likeness (QED) is 0.590. The van der Waals surface area contributed by atoms with E-state index in [2.05, 4.69) is 0 Å². The number of halogens is 1. The highest BCUT2D eigenvalue weighted by Gasteiger charge is 2.36. The minimum atomic E-state index is -0.695. The molecule has 0 radical (unpaired) electrons. The number of carbonyl (C=O) groups excluding carboxylic acids is 2. The average molecular weight is 290 g/mol. The van der Waals surface area contributed by atoms with Gasteiger partial charge in [-0.05, 0) is 39.5 Å². The molecule has 4 nitrogen and oxygen atoms in total. The lowest BCUT2D eigenvalue weighted by Crippen LogP contribution is -2.48. The number of ether oxygens (including phenoxy) is 1. The lowest BCUT2D eigenvalue weighted by atomic mass is 9.88. The molecule has 1 aliphatic rings. The molecule has 110 valence electrons. The van der Waals surface area contributed by atoms with Gasteiger partial charge in [-0.25, -0.2) is 0 Å². The van der Waals surface area contributed by atoms with Gasteiger partial charge in [-0.15, -0.1) is 11.6 Å². The Balaban J connectivity index is 2.78. The van der Waals surface area contributed by atoms with Crippen molar-refractivity contribution in [3.8, 4) is 0 Å². The van der Waals surface area contributed by atoms with E-state index in [0.29, 0.717) is 6.54 Å². The molecular formula is C14H24ClNO3. The van der Waals surface area contributed by atoms with Crippen molar-refractivity contribution in [1.82, 2.24) is 4.90 Å². The molecule has 0 spiro atoms. The summed E-state index contributed by atoms with van der Waals surface area (Å²) in [5.41, 5.74) is -0.695. The van der Waals surface area contributed by atoms with Crippen LogP contribution in [0.2, 0.25) is 0 Å². The van der Waals surface area contributed by atoms with Crippen LogP contribution in [-0.4, -0.2) is 41.8 Å². The molecule has 0 aromatic rings. The highest BCUT2D eigenvalue weighted by molar-refractivity contribution is 6.20. The number of carbonyl (C=O) groups is 2. The van der Waals surface area contributed by atoms with E-state index < -0.39 is 5.41 Å². The van der Waals surface area contributed by atoms with Gasteiger partial charge in [0.15, 0.2) is 0 Å². The third-order valence-electron chi connectivity index (χ3n) is 3.73. The fourth-order valence-corrected chi connectivity index (χ4v) is 3.01. The molecule has 0 heterocycles. The van der Waals surface area contributed by atoms with Gasteiger partial charge in [0.25, 0.3) is 0 Å². The van der Waals surface area contributed by atoms with Crippen LogP contribution in [0.4, 0.5) is 0 Å². The first-order chi connectivity index (χ1) is 8.77. The zero-order valence-electron chi connectivity index (χ0n) is 12.2. The molecule has 1 rings (SSSR count). The second-order valence-electron chi connectivity index (χ2n) is 5.94. The molecular weight excluding hydrogens is 266 g/mol. The monoisotopic (exact) mass is 289 g/mol. The molecule has 0 aromatic heterocycles. The van der Waals surface area contributed by atoms with Gasteiger partial charge in [0.05, 0.1) is 12.5 Å². The highest BCUT2D eigenvalue weighted by Crippen LogP contribution is 2.29. The Morgan fingerprint density at radius 3 is 2.47 bits per heavy atom. The van der Waals surface area contributed by atoms with E-state index in [9.17, 15) is 9.59 Å². The van der Waals surface area contributed by atoms with Gasteiger partial charge < -0.3 is 9.64 Å². The Morgan fingerprint density at radius 1 is 1.37 bits per heavy atom. The van der Waals surface area contributed by atoms with E-state index in [4.69, 9.17) is 16.3 Å². The molecule has 1 amide bonds. The van der Waals surface area contributed by atoms with Gasteiger partial charge in [0.2, 0.25) is 5.91 Å². The molecule has 0 N–H and O–H groups in total. The normalized spacial score (nSPS) is 23.8. The summed E-state index contributed by atoms with van der Waals surface area (Å²) in [6.07, 6.45) is 3.80. The molecule has 19 heavy (non-hydrogen) atoms. The molecule has 1 aliphatic carbocycles. The summed E-state index contributed by atoms with van der Waals surface area (Å²) in [4.78, 5) is 25.4. The van der Waals surface area contributed by atoms with Crippen molar-refractivity contribution in [2.45, 2.75) is 57.9 Å². The first-order valence-corrected chi connectivity index (χ1v) is 7.21. The molecule has 0 bridgehead atoms. The molecule has 0 aromatic carbocycles. The Morgan fingerprint density at radius 2 is 2.00 bits per heavy atom. The third kappa shape index (κ3) is 4.37. The largest absolute Gasteiger partial charge is 0.469 e. The van der Waals surface area contributed by atoms with E-state index in [0.717, 1.165) is 25.7 Å². The second kappa shape index (κ2) is 6.60. The maximum atomic E-state index is 11.9. The van der Waals surface area contributed by atoms with E-state index in [1.54, 1.807) is 25.7 Å². The highest BCUT2D eigenvalue weighted by atomic mass is 35.5. The van der Waals surface area contributed by atoms with Crippen LogP contribution in [0.5, 0.6) is 0 Å². The van der Waals surface area contributed by atoms with Crippen LogP contribution in [0.1, 0.15) is 46.5 Å². The number of rotatable bonds is 4. The van der Waals surface area contributed by atoms with Gasteiger partial charge in [0.1, 0.15) is 0 Å². The Hall–Kier alpha value is -0.770. The maximum absolute atomic E-state index is 11.9. The van der Waals surface area contributed by atoms with E-state index in [1.165, 1.54) is 7.11 Å². The van der Waals surface area contributed by atoms with Gasteiger partial charge in [-0.2, -0.15) is 0 Å². The SMILES string of the molecule is COC(=O)C(C)(C)CN(C(C)=O)C1CCCC(Cl)C1. The minimum Gasteiger partial charge on any atom is -0.469 e. The molecule has 0 saturated heterocycles. The topological polar surface area (TPSA) is 46.6 Å². The first-order valence-electron chi connectivity index (χ1n) is 6.77. The zero-order chi connectivity index (χ0) is 14.6. The van der Waals surface area contributed by atoms with E-state index in [1.807, 2.05) is 0 Å². The zero-order valence-corrected chi connectivity index (χ0v) is 13.0. The van der Waals surface area contributed by atoms with Crippen LogP contribution in [0.15, 0.2) is 0 Å². The standard InChI is InChI=1S/C14H24ClNO3/c1-10(17)16(9-14(2,3)13(18)19-4)12-7-5-6-11(15)8-12/h11-12H,5-9H2,1-4H3. The predicted octanol–water partition coefficient (Wildman–Crippen LogP) is 2.58. The first kappa shape index (κ1) is 16.3. The van der Waals surface area contributed by atoms with Crippen LogP contribution in [0, 0.1) is 5.41 Å². The van der Waals surface area contributed by atoms with Gasteiger partial charge >= 0.3 is 5.97 Å². The summed E-state index contributed by atoms with van der Waals surface area (Å²) >= 11 is 6.19. The van der Waals surface area contributed by atoms with Crippen LogP contribution < -0.4 is 0 Å². The van der Waals surface area contributed by atoms with Crippen LogP contribution in [0.25, 0.3) is 0 Å². The third-order valence-corrected chi connectivity index (χ3v) is 4.13. The molecule has 2 unspecified atom stereocenters. The van der Waals surface area contributed by atoms with Crippen molar-refractivity contribution in [3.05, 3.63) is 0 Å². The summed E-state index contributed by atoms with van der Waals surface area (Å²) in [7, 11) is 1.37. The minimum absolute atomic E-state index is 0.00672. The summed E-state index contributed by atoms with van der Waals surface area (Å²) in [6, 6.07) is 0.137.